The Kier molecular flexibility index (Phi) is 2.87. The second kappa shape index (κ2) is 3.76. The maximum Gasteiger partial charge on any atom is 0.318 e. The summed E-state index contributed by atoms with van der Waals surface area (Å²) in [7, 11) is -2.63. The molecule has 0 fully saturated rings. The third-order valence-corrected chi connectivity index (χ3v) is 3.22. The summed E-state index contributed by atoms with van der Waals surface area (Å²) in [6.07, 6.45) is 1.95. The second-order valence-corrected chi connectivity index (χ2v) is 4.56. The number of rotatable bonds is 4. The van der Waals surface area contributed by atoms with Crippen LogP contribution in [0.25, 0.3) is 0 Å². The predicted molar refractivity (Wildman–Crippen MR) is 44.0 cm³/mol. The predicted octanol–water partition coefficient (Wildman–Crippen LogP) is -0.620. The van der Waals surface area contributed by atoms with Gasteiger partial charge in [0.15, 0.2) is 0 Å². The number of nitrogens with zero attached hydrogens (tertiary/aromatic N) is 2. The minimum absolute atomic E-state index is 0.166. The average molecular weight is 220 g/mol. The van der Waals surface area contributed by atoms with Crippen LogP contribution in [0.5, 0.6) is 0 Å². The van der Waals surface area contributed by atoms with E-state index in [0.717, 1.165) is 19.5 Å². The summed E-state index contributed by atoms with van der Waals surface area (Å²) in [4.78, 5) is 10.1. The molecule has 0 bridgehead atoms. The zero-order valence-corrected chi connectivity index (χ0v) is 8.06. The quantitative estimate of drug-likeness (QED) is 0.725. The third kappa shape index (κ3) is 2.09. The molecule has 0 atom stereocenters. The molecule has 8 heteroatoms. The second-order valence-electron chi connectivity index (χ2n) is 2.51. The maximum absolute atomic E-state index is 11.5. The van der Waals surface area contributed by atoms with Gasteiger partial charge in [0.2, 0.25) is 10.0 Å². The Bertz CT molecular complexity index is 409. The van der Waals surface area contributed by atoms with Gasteiger partial charge in [-0.3, -0.25) is 4.79 Å². The van der Waals surface area contributed by atoms with Crippen molar-refractivity contribution in [2.45, 2.75) is 4.90 Å². The summed E-state index contributed by atoms with van der Waals surface area (Å²) < 4.78 is 28.0. The summed E-state index contributed by atoms with van der Waals surface area (Å²) in [5, 5.41) is 11.6. The maximum atomic E-state index is 11.5. The van der Waals surface area contributed by atoms with Crippen LogP contribution in [0.15, 0.2) is 21.9 Å². The van der Waals surface area contributed by atoms with Crippen molar-refractivity contribution in [1.82, 2.24) is 9.46 Å². The van der Waals surface area contributed by atoms with Crippen molar-refractivity contribution in [3.63, 3.8) is 0 Å². The van der Waals surface area contributed by atoms with Gasteiger partial charge in [0.1, 0.15) is 17.7 Å². The molecule has 1 rings (SSSR count). The Balaban J connectivity index is 2.92. The first-order chi connectivity index (χ1) is 6.44. The van der Waals surface area contributed by atoms with Crippen molar-refractivity contribution >= 4 is 16.0 Å². The lowest BCUT2D eigenvalue weighted by molar-refractivity contribution is -0.137. The van der Waals surface area contributed by atoms with Crippen molar-refractivity contribution in [3.8, 4) is 0 Å². The number of aliphatic carboxylic acids is 1. The Labute approximate surface area is 80.0 Å². The molecule has 0 saturated carbocycles. The first-order valence-corrected chi connectivity index (χ1v) is 4.96. The lowest BCUT2D eigenvalue weighted by Gasteiger charge is -2.12. The molecule has 7 nitrogen and oxygen atoms in total. The Hall–Kier alpha value is -1.41. The van der Waals surface area contributed by atoms with Gasteiger partial charge in [-0.1, -0.05) is 5.16 Å². The number of hydrogen-bond acceptors (Lipinski definition) is 5. The van der Waals surface area contributed by atoms with E-state index >= 15 is 0 Å². The van der Waals surface area contributed by atoms with Gasteiger partial charge < -0.3 is 9.63 Å². The summed E-state index contributed by atoms with van der Waals surface area (Å²) in [6, 6.07) is 0. The van der Waals surface area contributed by atoms with Gasteiger partial charge in [0.05, 0.1) is 6.20 Å². The van der Waals surface area contributed by atoms with Crippen molar-refractivity contribution in [1.29, 1.82) is 0 Å². The number of carboxylic acid groups (broad SMARTS) is 1. The van der Waals surface area contributed by atoms with E-state index in [-0.39, 0.29) is 4.90 Å². The number of aromatic nitrogens is 1. The van der Waals surface area contributed by atoms with Crippen LogP contribution in [0.2, 0.25) is 0 Å². The molecular weight excluding hydrogens is 212 g/mol. The number of sulfonamides is 1. The smallest absolute Gasteiger partial charge is 0.318 e. The fourth-order valence-corrected chi connectivity index (χ4v) is 1.76. The Morgan fingerprint density at radius 3 is 2.79 bits per heavy atom. The van der Waals surface area contributed by atoms with Crippen LogP contribution in [-0.2, 0) is 14.8 Å². The molecule has 0 spiro atoms. The zero-order valence-electron chi connectivity index (χ0n) is 7.24. The molecule has 14 heavy (non-hydrogen) atoms. The number of carboxylic acids is 1. The first-order valence-electron chi connectivity index (χ1n) is 3.52. The van der Waals surface area contributed by atoms with Gasteiger partial charge in [0.25, 0.3) is 0 Å². The minimum atomic E-state index is -3.79. The highest BCUT2D eigenvalue weighted by molar-refractivity contribution is 7.89. The largest absolute Gasteiger partial charge is 0.480 e. The fraction of sp³-hybridized carbons (Fsp3) is 0.333. The highest BCUT2D eigenvalue weighted by atomic mass is 32.2. The SMILES string of the molecule is CN(CC(=O)O)S(=O)(=O)c1cnoc1. The Morgan fingerprint density at radius 1 is 1.71 bits per heavy atom. The van der Waals surface area contributed by atoms with Gasteiger partial charge in [-0.2, -0.15) is 4.31 Å². The van der Waals surface area contributed by atoms with Gasteiger partial charge in [-0.05, 0) is 0 Å². The van der Waals surface area contributed by atoms with Crippen LogP contribution in [0, 0.1) is 0 Å². The van der Waals surface area contributed by atoms with Crippen LogP contribution < -0.4 is 0 Å². The van der Waals surface area contributed by atoms with E-state index in [9.17, 15) is 13.2 Å². The minimum Gasteiger partial charge on any atom is -0.480 e. The van der Waals surface area contributed by atoms with E-state index in [2.05, 4.69) is 9.68 Å². The summed E-state index contributed by atoms with van der Waals surface area (Å²) in [5.41, 5.74) is 0. The molecule has 0 aromatic carbocycles. The van der Waals surface area contributed by atoms with E-state index in [4.69, 9.17) is 5.11 Å². The molecule has 0 amide bonds. The van der Waals surface area contributed by atoms with Crippen molar-refractivity contribution in [3.05, 3.63) is 12.5 Å². The third-order valence-electron chi connectivity index (χ3n) is 1.48. The zero-order chi connectivity index (χ0) is 10.8. The normalized spacial score (nSPS) is 11.9. The molecule has 1 aromatic heterocycles. The highest BCUT2D eigenvalue weighted by Gasteiger charge is 2.24. The molecule has 0 unspecified atom stereocenters. The number of hydrogen-bond donors (Lipinski definition) is 1. The van der Waals surface area contributed by atoms with E-state index < -0.39 is 22.5 Å². The average Bonchev–Trinajstić information content (AvgIpc) is 2.54. The van der Waals surface area contributed by atoms with Crippen molar-refractivity contribution in [2.75, 3.05) is 13.6 Å². The summed E-state index contributed by atoms with van der Waals surface area (Å²) >= 11 is 0. The van der Waals surface area contributed by atoms with Crippen LogP contribution in [0.4, 0.5) is 0 Å². The molecule has 1 heterocycles. The van der Waals surface area contributed by atoms with Gasteiger partial charge >= 0.3 is 5.97 Å². The Morgan fingerprint density at radius 2 is 2.36 bits per heavy atom. The van der Waals surface area contributed by atoms with Crippen LogP contribution in [0.3, 0.4) is 0 Å². The summed E-state index contributed by atoms with van der Waals surface area (Å²) in [6.45, 7) is -0.604. The topological polar surface area (TPSA) is 101 Å². The molecular formula is C6H8N2O5S. The molecule has 0 aliphatic carbocycles. The molecule has 1 aromatic rings. The monoisotopic (exact) mass is 220 g/mol. The van der Waals surface area contributed by atoms with Gasteiger partial charge in [-0.25, -0.2) is 8.42 Å². The molecule has 0 radical (unpaired) electrons. The molecule has 0 aliphatic heterocycles. The van der Waals surface area contributed by atoms with E-state index in [1.807, 2.05) is 0 Å². The standard InChI is InChI=1S/C6H8N2O5S/c1-8(3-6(9)10)14(11,12)5-2-7-13-4-5/h2,4H,3H2,1H3,(H,9,10). The van der Waals surface area contributed by atoms with Gasteiger partial charge in [0, 0.05) is 7.05 Å². The molecule has 78 valence electrons. The number of carbonyl (C=O) groups is 1. The lowest BCUT2D eigenvalue weighted by Crippen LogP contribution is -2.31. The molecule has 1 N–H and O–H groups in total. The van der Waals surface area contributed by atoms with Crippen LogP contribution >= 0.6 is 0 Å². The number of likely N-dealkylation sites (N-methyl/N-ethyl adjacent to an activating group) is 1. The molecule has 0 aliphatic rings. The van der Waals surface area contributed by atoms with E-state index in [1.165, 1.54) is 0 Å². The lowest BCUT2D eigenvalue weighted by atomic mass is 10.7. The van der Waals surface area contributed by atoms with E-state index in [0.29, 0.717) is 4.31 Å². The van der Waals surface area contributed by atoms with E-state index in [1.54, 1.807) is 0 Å². The molecule has 0 saturated heterocycles. The van der Waals surface area contributed by atoms with Crippen molar-refractivity contribution < 1.29 is 22.8 Å². The highest BCUT2D eigenvalue weighted by Crippen LogP contribution is 2.11. The van der Waals surface area contributed by atoms with Crippen LogP contribution in [-0.4, -0.2) is 42.5 Å². The summed E-state index contributed by atoms with van der Waals surface area (Å²) in [5.74, 6) is -1.23. The van der Waals surface area contributed by atoms with Gasteiger partial charge in [-0.15, -0.1) is 0 Å². The fourth-order valence-electron chi connectivity index (χ4n) is 0.778. The first kappa shape index (κ1) is 10.7. The van der Waals surface area contributed by atoms with Crippen molar-refractivity contribution in [2.24, 2.45) is 0 Å². The van der Waals surface area contributed by atoms with Crippen LogP contribution in [0.1, 0.15) is 0 Å².